The quantitative estimate of drug-likeness (QED) is 0.722. The molecule has 0 aliphatic heterocycles. The number of anilines is 1. The summed E-state index contributed by atoms with van der Waals surface area (Å²) < 4.78 is 15.6. The predicted octanol–water partition coefficient (Wildman–Crippen LogP) is 4.10. The molecule has 0 fully saturated rings. The van der Waals surface area contributed by atoms with Crippen LogP contribution in [0.5, 0.6) is 0 Å². The van der Waals surface area contributed by atoms with Crippen LogP contribution in [0.1, 0.15) is 6.92 Å². The minimum Gasteiger partial charge on any atom is -0.396 e. The monoisotopic (exact) mass is 289 g/mol. The Balaban J connectivity index is 2.30. The van der Waals surface area contributed by atoms with Gasteiger partial charge in [-0.2, -0.15) is 0 Å². The van der Waals surface area contributed by atoms with Gasteiger partial charge in [-0.3, -0.25) is 0 Å². The molecule has 1 heterocycles. The van der Waals surface area contributed by atoms with Gasteiger partial charge >= 0.3 is 0 Å². The van der Waals surface area contributed by atoms with Crippen molar-refractivity contribution in [1.29, 1.82) is 0 Å². The van der Waals surface area contributed by atoms with Crippen molar-refractivity contribution in [2.75, 3.05) is 5.73 Å². The van der Waals surface area contributed by atoms with Crippen molar-refractivity contribution in [2.45, 2.75) is 13.5 Å². The highest BCUT2D eigenvalue weighted by molar-refractivity contribution is 6.35. The molecule has 0 unspecified atom stereocenters. The maximum absolute atomic E-state index is 13.6. The van der Waals surface area contributed by atoms with Crippen LogP contribution >= 0.6 is 11.6 Å². The zero-order valence-electron chi connectivity index (χ0n) is 10.9. The molecule has 0 atom stereocenters. The van der Waals surface area contributed by atoms with E-state index >= 15 is 0 Å². The van der Waals surface area contributed by atoms with Crippen LogP contribution in [0, 0.1) is 5.82 Å². The first-order valence-electron chi connectivity index (χ1n) is 6.32. The van der Waals surface area contributed by atoms with Crippen molar-refractivity contribution < 1.29 is 4.39 Å². The average molecular weight is 290 g/mol. The lowest BCUT2D eigenvalue weighted by Gasteiger charge is -2.07. The molecule has 20 heavy (non-hydrogen) atoms. The van der Waals surface area contributed by atoms with Gasteiger partial charge in [-0.25, -0.2) is 9.37 Å². The molecule has 2 N–H and O–H groups in total. The molecule has 3 nitrogen and oxygen atoms in total. The summed E-state index contributed by atoms with van der Waals surface area (Å²) in [5.41, 5.74) is 7.99. The highest BCUT2D eigenvalue weighted by Crippen LogP contribution is 2.30. The molecule has 0 spiro atoms. The largest absolute Gasteiger partial charge is 0.396 e. The number of nitrogens with two attached hydrogens (primary N) is 1. The Kier molecular flexibility index (Phi) is 3.10. The number of imidazole rings is 1. The van der Waals surface area contributed by atoms with Gasteiger partial charge < -0.3 is 10.3 Å². The van der Waals surface area contributed by atoms with Crippen molar-refractivity contribution in [2.24, 2.45) is 0 Å². The Morgan fingerprint density at radius 3 is 2.80 bits per heavy atom. The average Bonchev–Trinajstić information content (AvgIpc) is 2.82. The second-order valence-corrected chi connectivity index (χ2v) is 4.93. The Morgan fingerprint density at radius 2 is 2.10 bits per heavy atom. The second-order valence-electron chi connectivity index (χ2n) is 4.52. The number of aryl methyl sites for hydroxylation is 1. The molecular weight excluding hydrogens is 277 g/mol. The lowest BCUT2D eigenvalue weighted by atomic mass is 10.2. The molecule has 1 aromatic heterocycles. The van der Waals surface area contributed by atoms with Gasteiger partial charge in [0.2, 0.25) is 0 Å². The number of hydrogen-bond acceptors (Lipinski definition) is 2. The van der Waals surface area contributed by atoms with Crippen LogP contribution in [0.4, 0.5) is 10.1 Å². The van der Waals surface area contributed by atoms with Crippen molar-refractivity contribution in [3.05, 3.63) is 47.2 Å². The summed E-state index contributed by atoms with van der Waals surface area (Å²) in [5, 5.41) is 0.638. The molecule has 0 bridgehead atoms. The molecule has 5 heteroatoms. The van der Waals surface area contributed by atoms with Crippen molar-refractivity contribution in [1.82, 2.24) is 9.55 Å². The summed E-state index contributed by atoms with van der Waals surface area (Å²) in [4.78, 5) is 4.56. The first-order valence-corrected chi connectivity index (χ1v) is 6.69. The number of fused-ring (bicyclic) bond motifs is 1. The minimum atomic E-state index is -0.441. The van der Waals surface area contributed by atoms with Gasteiger partial charge in [0.15, 0.2) is 0 Å². The van der Waals surface area contributed by atoms with E-state index in [1.165, 1.54) is 6.07 Å². The van der Waals surface area contributed by atoms with Gasteiger partial charge in [0.1, 0.15) is 11.6 Å². The Hall–Kier alpha value is -2.07. The van der Waals surface area contributed by atoms with E-state index in [9.17, 15) is 4.39 Å². The lowest BCUT2D eigenvalue weighted by Crippen LogP contribution is -1.99. The fourth-order valence-electron chi connectivity index (χ4n) is 2.34. The van der Waals surface area contributed by atoms with Crippen LogP contribution < -0.4 is 5.73 Å². The van der Waals surface area contributed by atoms with Crippen LogP contribution in [0.2, 0.25) is 5.02 Å². The second kappa shape index (κ2) is 4.80. The topological polar surface area (TPSA) is 43.8 Å². The van der Waals surface area contributed by atoms with Crippen molar-refractivity contribution in [3.8, 4) is 11.4 Å². The summed E-state index contributed by atoms with van der Waals surface area (Å²) in [6, 6.07) is 10.3. The number of nitrogen functional groups attached to an aromatic ring is 1. The molecule has 3 aromatic rings. The number of aromatic nitrogens is 2. The van der Waals surface area contributed by atoms with Crippen molar-refractivity contribution >= 4 is 28.3 Å². The van der Waals surface area contributed by atoms with Crippen LogP contribution in [0.3, 0.4) is 0 Å². The molecule has 0 aliphatic carbocycles. The summed E-state index contributed by atoms with van der Waals surface area (Å²) in [5.74, 6) is 0.248. The first-order chi connectivity index (χ1) is 9.61. The molecule has 0 amide bonds. The number of rotatable bonds is 2. The van der Waals surface area contributed by atoms with Gasteiger partial charge in [-0.1, -0.05) is 17.7 Å². The zero-order valence-corrected chi connectivity index (χ0v) is 11.7. The van der Waals surface area contributed by atoms with Gasteiger partial charge in [0.05, 0.1) is 21.7 Å². The fraction of sp³-hybridized carbons (Fsp3) is 0.133. The highest BCUT2D eigenvalue weighted by Gasteiger charge is 2.14. The van der Waals surface area contributed by atoms with E-state index in [1.807, 2.05) is 29.7 Å². The predicted molar refractivity (Wildman–Crippen MR) is 80.2 cm³/mol. The number of hydrogen-bond donors (Lipinski definition) is 1. The number of halogens is 2. The SMILES string of the molecule is CCn1c(-c2ccc(N)c(F)c2)nc2cccc(Cl)c21. The summed E-state index contributed by atoms with van der Waals surface area (Å²) in [6.07, 6.45) is 0. The third kappa shape index (κ3) is 1.93. The first kappa shape index (κ1) is 12.9. The molecule has 0 saturated carbocycles. The summed E-state index contributed by atoms with van der Waals surface area (Å²) in [7, 11) is 0. The van der Waals surface area contributed by atoms with Crippen LogP contribution in [0.25, 0.3) is 22.4 Å². The third-order valence-corrected chi connectivity index (χ3v) is 3.60. The smallest absolute Gasteiger partial charge is 0.146 e. The standard InChI is InChI=1S/C15H13ClFN3/c1-2-20-14-10(16)4-3-5-13(14)19-15(20)9-6-7-12(18)11(17)8-9/h3-8H,2,18H2,1H3. The molecule has 0 saturated heterocycles. The fourth-order valence-corrected chi connectivity index (χ4v) is 2.61. The van der Waals surface area contributed by atoms with Gasteiger partial charge in [-0.05, 0) is 37.3 Å². The summed E-state index contributed by atoms with van der Waals surface area (Å²) in [6.45, 7) is 2.70. The normalized spacial score (nSPS) is 11.2. The third-order valence-electron chi connectivity index (χ3n) is 3.29. The van der Waals surface area contributed by atoms with Crippen LogP contribution in [0.15, 0.2) is 36.4 Å². The van der Waals surface area contributed by atoms with E-state index in [2.05, 4.69) is 4.98 Å². The highest BCUT2D eigenvalue weighted by atomic mass is 35.5. The molecule has 102 valence electrons. The van der Waals surface area contributed by atoms with Gasteiger partial charge in [0.25, 0.3) is 0 Å². The number of benzene rings is 2. The Bertz CT molecular complexity index is 795. The minimum absolute atomic E-state index is 0.131. The zero-order chi connectivity index (χ0) is 14.3. The van der Waals surface area contributed by atoms with E-state index in [4.69, 9.17) is 17.3 Å². The van der Waals surface area contributed by atoms with Gasteiger partial charge in [0, 0.05) is 12.1 Å². The molecule has 0 aliphatic rings. The maximum atomic E-state index is 13.6. The van der Waals surface area contributed by atoms with E-state index in [0.29, 0.717) is 23.0 Å². The number of nitrogens with zero attached hydrogens (tertiary/aromatic N) is 2. The molecule has 0 radical (unpaired) electrons. The van der Waals surface area contributed by atoms with E-state index in [-0.39, 0.29) is 5.69 Å². The Labute approximate surface area is 120 Å². The molecule has 2 aromatic carbocycles. The van der Waals surface area contributed by atoms with Crippen LogP contribution in [-0.4, -0.2) is 9.55 Å². The van der Waals surface area contributed by atoms with E-state index in [1.54, 1.807) is 12.1 Å². The van der Waals surface area contributed by atoms with Crippen LogP contribution in [-0.2, 0) is 6.54 Å². The van der Waals surface area contributed by atoms with Crippen molar-refractivity contribution in [3.63, 3.8) is 0 Å². The Morgan fingerprint density at radius 1 is 1.30 bits per heavy atom. The molecular formula is C15H13ClFN3. The molecule has 3 rings (SSSR count). The summed E-state index contributed by atoms with van der Waals surface area (Å²) >= 11 is 6.24. The lowest BCUT2D eigenvalue weighted by molar-refractivity contribution is 0.632. The van der Waals surface area contributed by atoms with E-state index in [0.717, 1.165) is 11.0 Å². The van der Waals surface area contributed by atoms with E-state index < -0.39 is 5.82 Å². The maximum Gasteiger partial charge on any atom is 0.146 e. The van der Waals surface area contributed by atoms with Gasteiger partial charge in [-0.15, -0.1) is 0 Å². The number of para-hydroxylation sites is 1.